The monoisotopic (exact) mass is 318 g/mol. The number of benzene rings is 1. The summed E-state index contributed by atoms with van der Waals surface area (Å²) in [5, 5.41) is 15.6. The van der Waals surface area contributed by atoms with Crippen LogP contribution in [0.4, 0.5) is 5.69 Å². The lowest BCUT2D eigenvalue weighted by Gasteiger charge is -2.12. The molecule has 1 amide bonds. The Hall–Kier alpha value is -0.620. The second-order valence-corrected chi connectivity index (χ2v) is 5.25. The zero-order valence-electron chi connectivity index (χ0n) is 8.91. The molecule has 1 aliphatic heterocycles. The van der Waals surface area contributed by atoms with Crippen molar-refractivity contribution in [1.82, 2.24) is 5.32 Å². The van der Waals surface area contributed by atoms with Crippen molar-refractivity contribution in [2.75, 3.05) is 11.9 Å². The number of nitrogens with one attached hydrogen (secondary N) is 2. The maximum absolute atomic E-state index is 11.9. The quantitative estimate of drug-likeness (QED) is 0.778. The van der Waals surface area contributed by atoms with Crippen LogP contribution < -0.4 is 10.6 Å². The lowest BCUT2D eigenvalue weighted by molar-refractivity contribution is -0.117. The molecule has 6 heteroatoms. The normalized spacial score (nSPS) is 23.7. The Kier molecular flexibility index (Phi) is 4.04. The Morgan fingerprint density at radius 1 is 1.59 bits per heavy atom. The van der Waals surface area contributed by atoms with Crippen molar-refractivity contribution >= 4 is 39.1 Å². The van der Waals surface area contributed by atoms with Crippen molar-refractivity contribution < 1.29 is 9.90 Å². The average Bonchev–Trinajstić information content (AvgIpc) is 2.70. The van der Waals surface area contributed by atoms with Crippen molar-refractivity contribution in [3.8, 4) is 0 Å². The lowest BCUT2D eigenvalue weighted by Crippen LogP contribution is -2.35. The van der Waals surface area contributed by atoms with Gasteiger partial charge in [-0.2, -0.15) is 0 Å². The molecular formula is C11H12BrClN2O2. The third-order valence-corrected chi connectivity index (χ3v) is 3.54. The number of hydrogen-bond donors (Lipinski definition) is 3. The van der Waals surface area contributed by atoms with Crippen LogP contribution in [0.25, 0.3) is 0 Å². The van der Waals surface area contributed by atoms with Crippen LogP contribution >= 0.6 is 27.5 Å². The summed E-state index contributed by atoms with van der Waals surface area (Å²) in [5.74, 6) is -0.162. The van der Waals surface area contributed by atoms with Crippen LogP contribution in [0.5, 0.6) is 0 Å². The van der Waals surface area contributed by atoms with Crippen molar-refractivity contribution in [2.45, 2.75) is 18.6 Å². The highest BCUT2D eigenvalue weighted by atomic mass is 79.9. The van der Waals surface area contributed by atoms with Crippen LogP contribution in [0.3, 0.4) is 0 Å². The number of aliphatic hydroxyl groups excluding tert-OH is 1. The summed E-state index contributed by atoms with van der Waals surface area (Å²) in [7, 11) is 0. The molecule has 2 atom stereocenters. The molecule has 2 unspecified atom stereocenters. The molecule has 3 N–H and O–H groups in total. The van der Waals surface area contributed by atoms with Gasteiger partial charge in [-0.1, -0.05) is 11.6 Å². The molecule has 0 saturated carbocycles. The van der Waals surface area contributed by atoms with Gasteiger partial charge in [-0.25, -0.2) is 0 Å². The van der Waals surface area contributed by atoms with Crippen molar-refractivity contribution in [3.05, 3.63) is 27.7 Å². The molecule has 2 rings (SSSR count). The summed E-state index contributed by atoms with van der Waals surface area (Å²) in [6.07, 6.45) is -0.0159. The summed E-state index contributed by atoms with van der Waals surface area (Å²) in [6.45, 7) is 0.453. The molecular weight excluding hydrogens is 307 g/mol. The Bertz CT molecular complexity index is 441. The third kappa shape index (κ3) is 3.19. The Labute approximate surface area is 112 Å². The zero-order valence-corrected chi connectivity index (χ0v) is 11.3. The van der Waals surface area contributed by atoms with E-state index < -0.39 is 6.10 Å². The van der Waals surface area contributed by atoms with E-state index in [9.17, 15) is 9.90 Å². The second kappa shape index (κ2) is 5.35. The summed E-state index contributed by atoms with van der Waals surface area (Å²) < 4.78 is 0.772. The number of anilines is 1. The largest absolute Gasteiger partial charge is 0.392 e. The molecule has 1 aromatic carbocycles. The minimum absolute atomic E-state index is 0.162. The molecule has 1 heterocycles. The zero-order chi connectivity index (χ0) is 12.4. The Balaban J connectivity index is 2.05. The molecule has 0 aliphatic carbocycles. The highest BCUT2D eigenvalue weighted by Crippen LogP contribution is 2.26. The molecule has 1 fully saturated rings. The number of rotatable bonds is 2. The van der Waals surface area contributed by atoms with E-state index in [1.165, 1.54) is 0 Å². The van der Waals surface area contributed by atoms with Gasteiger partial charge in [0.1, 0.15) is 0 Å². The Morgan fingerprint density at radius 3 is 3.00 bits per heavy atom. The van der Waals surface area contributed by atoms with E-state index in [1.54, 1.807) is 18.2 Å². The molecule has 1 aliphatic rings. The van der Waals surface area contributed by atoms with Gasteiger partial charge in [-0.15, -0.1) is 0 Å². The number of hydrogen-bond acceptors (Lipinski definition) is 3. The van der Waals surface area contributed by atoms with Gasteiger partial charge in [-0.3, -0.25) is 4.79 Å². The lowest BCUT2D eigenvalue weighted by atomic mass is 10.2. The van der Waals surface area contributed by atoms with Crippen LogP contribution in [-0.2, 0) is 4.79 Å². The van der Waals surface area contributed by atoms with E-state index in [4.69, 9.17) is 11.6 Å². The molecule has 4 nitrogen and oxygen atoms in total. The molecule has 0 radical (unpaired) electrons. The summed E-state index contributed by atoms with van der Waals surface area (Å²) >= 11 is 9.19. The average molecular weight is 320 g/mol. The molecule has 0 spiro atoms. The van der Waals surface area contributed by atoms with Crippen molar-refractivity contribution in [3.63, 3.8) is 0 Å². The van der Waals surface area contributed by atoms with Crippen LogP contribution in [-0.4, -0.2) is 29.7 Å². The smallest absolute Gasteiger partial charge is 0.241 e. The first-order chi connectivity index (χ1) is 8.06. The number of aliphatic hydroxyl groups is 1. The van der Waals surface area contributed by atoms with Gasteiger partial charge in [-0.05, 0) is 40.5 Å². The van der Waals surface area contributed by atoms with E-state index in [1.807, 2.05) is 0 Å². The SMILES string of the molecule is O=C(Nc1cc(Cl)ccc1Br)C1CC(O)CN1. The standard InChI is InChI=1S/C11H12BrClN2O2/c12-8-2-1-6(13)3-9(8)15-11(17)10-4-7(16)5-14-10/h1-3,7,10,14,16H,4-5H2,(H,15,17). The van der Waals surface area contributed by atoms with Gasteiger partial charge in [0.15, 0.2) is 0 Å². The molecule has 1 saturated heterocycles. The van der Waals surface area contributed by atoms with Gasteiger partial charge in [0, 0.05) is 16.0 Å². The van der Waals surface area contributed by atoms with Gasteiger partial charge in [0.25, 0.3) is 0 Å². The maximum Gasteiger partial charge on any atom is 0.241 e. The number of carbonyl (C=O) groups is 1. The van der Waals surface area contributed by atoms with Crippen LogP contribution in [0.1, 0.15) is 6.42 Å². The molecule has 0 bridgehead atoms. The van der Waals surface area contributed by atoms with E-state index >= 15 is 0 Å². The molecule has 1 aromatic rings. The Morgan fingerprint density at radius 2 is 2.35 bits per heavy atom. The third-order valence-electron chi connectivity index (χ3n) is 2.61. The maximum atomic E-state index is 11.9. The van der Waals surface area contributed by atoms with Gasteiger partial charge >= 0.3 is 0 Å². The number of β-amino-alcohol motifs (C(OH)–C–C–N with tert-alkyl or cyclic N) is 1. The molecule has 17 heavy (non-hydrogen) atoms. The van der Waals surface area contributed by atoms with Crippen LogP contribution in [0.15, 0.2) is 22.7 Å². The van der Waals surface area contributed by atoms with Crippen molar-refractivity contribution in [2.24, 2.45) is 0 Å². The first-order valence-corrected chi connectivity index (χ1v) is 6.40. The van der Waals surface area contributed by atoms with Gasteiger partial charge < -0.3 is 15.7 Å². The van der Waals surface area contributed by atoms with Gasteiger partial charge in [0.05, 0.1) is 17.8 Å². The van der Waals surface area contributed by atoms with E-state index in [0.717, 1.165) is 4.47 Å². The second-order valence-electron chi connectivity index (χ2n) is 3.96. The minimum atomic E-state index is -0.450. The van der Waals surface area contributed by atoms with E-state index in [2.05, 4.69) is 26.6 Å². The highest BCUT2D eigenvalue weighted by molar-refractivity contribution is 9.10. The van der Waals surface area contributed by atoms with Gasteiger partial charge in [0.2, 0.25) is 5.91 Å². The van der Waals surface area contributed by atoms with E-state index in [0.29, 0.717) is 23.7 Å². The number of amides is 1. The summed E-state index contributed by atoms with van der Waals surface area (Å²) in [5.41, 5.74) is 0.630. The number of halogens is 2. The predicted octanol–water partition coefficient (Wildman–Crippen LogP) is 1.76. The fourth-order valence-electron chi connectivity index (χ4n) is 1.73. The first-order valence-electron chi connectivity index (χ1n) is 5.23. The fourth-order valence-corrected chi connectivity index (χ4v) is 2.25. The van der Waals surface area contributed by atoms with Crippen LogP contribution in [0, 0.1) is 0 Å². The molecule has 0 aromatic heterocycles. The summed E-state index contributed by atoms with van der Waals surface area (Å²) in [4.78, 5) is 11.9. The highest BCUT2D eigenvalue weighted by Gasteiger charge is 2.28. The summed E-state index contributed by atoms with van der Waals surface area (Å²) in [6, 6.07) is 4.83. The topological polar surface area (TPSA) is 61.4 Å². The van der Waals surface area contributed by atoms with E-state index in [-0.39, 0.29) is 11.9 Å². The minimum Gasteiger partial charge on any atom is -0.392 e. The molecule has 92 valence electrons. The van der Waals surface area contributed by atoms with Crippen molar-refractivity contribution in [1.29, 1.82) is 0 Å². The first kappa shape index (κ1) is 12.8. The predicted molar refractivity (Wildman–Crippen MR) is 70.2 cm³/mol. The van der Waals surface area contributed by atoms with Crippen LogP contribution in [0.2, 0.25) is 5.02 Å². The number of carbonyl (C=O) groups excluding carboxylic acids is 1. The fraction of sp³-hybridized carbons (Fsp3) is 0.364.